The van der Waals surface area contributed by atoms with E-state index in [1.54, 1.807) is 49.0 Å². The van der Waals surface area contributed by atoms with Crippen molar-refractivity contribution in [3.05, 3.63) is 68.1 Å². The van der Waals surface area contributed by atoms with Gasteiger partial charge in [0.15, 0.2) is 5.82 Å². The summed E-state index contributed by atoms with van der Waals surface area (Å²) in [5, 5.41) is 22.9. The number of nitrogens with one attached hydrogen (secondary N) is 1. The fourth-order valence-electron chi connectivity index (χ4n) is 2.67. The summed E-state index contributed by atoms with van der Waals surface area (Å²) in [7, 11) is 0. The molecular weight excluding hydrogens is 407 g/mol. The summed E-state index contributed by atoms with van der Waals surface area (Å²) in [5.41, 5.74) is 0.999. The van der Waals surface area contributed by atoms with Gasteiger partial charge >= 0.3 is 5.69 Å². The van der Waals surface area contributed by atoms with Crippen molar-refractivity contribution in [2.45, 2.75) is 26.4 Å². The fraction of sp³-hybridized carbons (Fsp3) is 0.235. The average molecular weight is 423 g/mol. The van der Waals surface area contributed by atoms with Crippen molar-refractivity contribution in [2.75, 3.05) is 5.32 Å². The monoisotopic (exact) mass is 422 g/mol. The highest BCUT2D eigenvalue weighted by molar-refractivity contribution is 6.35. The van der Waals surface area contributed by atoms with E-state index in [0.29, 0.717) is 28.1 Å². The third-order valence-electron chi connectivity index (χ3n) is 4.20. The van der Waals surface area contributed by atoms with Crippen molar-refractivity contribution in [3.63, 3.8) is 0 Å². The number of carbonyl (C=O) groups is 1. The number of carbonyl (C=O) groups excluding carboxylic acids is 1. The number of amides is 1. The Morgan fingerprint density at radius 1 is 1.36 bits per heavy atom. The molecule has 1 atom stereocenters. The van der Waals surface area contributed by atoms with Crippen LogP contribution in [-0.4, -0.2) is 30.4 Å². The Morgan fingerprint density at radius 3 is 2.75 bits per heavy atom. The zero-order valence-electron chi connectivity index (χ0n) is 15.0. The third-order valence-corrected chi connectivity index (χ3v) is 4.79. The van der Waals surface area contributed by atoms with Crippen LogP contribution >= 0.6 is 23.2 Å². The zero-order chi connectivity index (χ0) is 20.4. The van der Waals surface area contributed by atoms with Gasteiger partial charge in [0, 0.05) is 22.3 Å². The van der Waals surface area contributed by atoms with Gasteiger partial charge in [-0.15, -0.1) is 0 Å². The number of halogens is 2. The summed E-state index contributed by atoms with van der Waals surface area (Å²) in [5.74, 6) is -0.0443. The van der Waals surface area contributed by atoms with Gasteiger partial charge < -0.3 is 5.32 Å². The Labute approximate surface area is 170 Å². The topological polar surface area (TPSA) is 108 Å². The maximum absolute atomic E-state index is 12.5. The lowest BCUT2D eigenvalue weighted by atomic mass is 10.2. The van der Waals surface area contributed by atoms with Crippen LogP contribution in [0.3, 0.4) is 0 Å². The van der Waals surface area contributed by atoms with Gasteiger partial charge in [-0.2, -0.15) is 10.2 Å². The van der Waals surface area contributed by atoms with Gasteiger partial charge in [-0.25, -0.2) is 0 Å². The van der Waals surface area contributed by atoms with Crippen LogP contribution in [-0.2, 0) is 11.3 Å². The van der Waals surface area contributed by atoms with Crippen molar-refractivity contribution in [3.8, 4) is 0 Å². The van der Waals surface area contributed by atoms with Gasteiger partial charge in [-0.3, -0.25) is 24.3 Å². The summed E-state index contributed by atoms with van der Waals surface area (Å²) in [4.78, 5) is 22.9. The molecule has 146 valence electrons. The zero-order valence-corrected chi connectivity index (χ0v) is 16.5. The predicted molar refractivity (Wildman–Crippen MR) is 105 cm³/mol. The van der Waals surface area contributed by atoms with E-state index in [2.05, 4.69) is 15.5 Å². The Bertz CT molecular complexity index is 1050. The molecule has 11 heteroatoms. The number of rotatable bonds is 6. The first-order valence-electron chi connectivity index (χ1n) is 8.23. The minimum absolute atomic E-state index is 0.135. The van der Waals surface area contributed by atoms with Crippen molar-refractivity contribution in [1.29, 1.82) is 0 Å². The number of anilines is 1. The molecule has 3 rings (SSSR count). The first-order valence-corrected chi connectivity index (χ1v) is 8.98. The lowest BCUT2D eigenvalue weighted by Gasteiger charge is -2.12. The second kappa shape index (κ2) is 7.99. The van der Waals surface area contributed by atoms with E-state index in [1.165, 1.54) is 4.68 Å². The molecule has 28 heavy (non-hydrogen) atoms. The maximum atomic E-state index is 12.5. The molecule has 2 aromatic heterocycles. The molecule has 0 saturated carbocycles. The summed E-state index contributed by atoms with van der Waals surface area (Å²) < 4.78 is 2.93. The van der Waals surface area contributed by atoms with Crippen molar-refractivity contribution in [1.82, 2.24) is 19.6 Å². The molecule has 1 N–H and O–H groups in total. The Morgan fingerprint density at radius 2 is 2.11 bits per heavy atom. The van der Waals surface area contributed by atoms with E-state index in [9.17, 15) is 14.9 Å². The highest BCUT2D eigenvalue weighted by atomic mass is 35.5. The summed E-state index contributed by atoms with van der Waals surface area (Å²) >= 11 is 12.1. The van der Waals surface area contributed by atoms with Gasteiger partial charge in [-0.1, -0.05) is 29.3 Å². The van der Waals surface area contributed by atoms with Gasteiger partial charge in [0.25, 0.3) is 0 Å². The minimum atomic E-state index is -0.746. The molecule has 9 nitrogen and oxygen atoms in total. The van der Waals surface area contributed by atoms with E-state index >= 15 is 0 Å². The molecule has 1 unspecified atom stereocenters. The second-order valence-electron chi connectivity index (χ2n) is 6.12. The Hall–Kier alpha value is -2.91. The molecule has 0 aliphatic heterocycles. The molecule has 2 heterocycles. The number of aromatic nitrogens is 4. The normalized spacial score (nSPS) is 12.0. The van der Waals surface area contributed by atoms with Crippen molar-refractivity contribution >= 4 is 40.6 Å². The fourth-order valence-corrected chi connectivity index (χ4v) is 3.13. The number of nitro groups is 1. The quantitative estimate of drug-likeness (QED) is 0.479. The molecule has 0 bridgehead atoms. The smallest absolute Gasteiger partial charge is 0.307 e. The molecule has 0 spiro atoms. The van der Waals surface area contributed by atoms with Crippen LogP contribution in [0.5, 0.6) is 0 Å². The van der Waals surface area contributed by atoms with E-state index in [4.69, 9.17) is 23.2 Å². The molecule has 0 radical (unpaired) electrons. The highest BCUT2D eigenvalue weighted by Gasteiger charge is 2.24. The second-order valence-corrected chi connectivity index (χ2v) is 6.96. The highest BCUT2D eigenvalue weighted by Crippen LogP contribution is 2.23. The van der Waals surface area contributed by atoms with Crippen LogP contribution in [0.15, 0.2) is 36.7 Å². The van der Waals surface area contributed by atoms with Crippen LogP contribution < -0.4 is 5.32 Å². The van der Waals surface area contributed by atoms with Crippen LogP contribution in [0.2, 0.25) is 10.0 Å². The standard InChI is InChI=1S/C17H16Cl2N6O3/c1-10-15(25(27)28)8-20-24(10)11(2)17(26)21-16-5-6-23(22-16)9-12-3-4-13(18)7-14(12)19/h3-8,11H,9H2,1-2H3,(H,21,22,26). The molecular formula is C17H16Cl2N6O3. The molecule has 0 aliphatic carbocycles. The molecule has 1 amide bonds. The largest absolute Gasteiger partial charge is 0.309 e. The Kier molecular flexibility index (Phi) is 5.66. The molecule has 1 aromatic carbocycles. The summed E-state index contributed by atoms with van der Waals surface area (Å²) in [6.07, 6.45) is 2.83. The van der Waals surface area contributed by atoms with E-state index in [0.717, 1.165) is 11.8 Å². The van der Waals surface area contributed by atoms with E-state index in [1.807, 2.05) is 0 Å². The van der Waals surface area contributed by atoms with Gasteiger partial charge in [0.2, 0.25) is 5.91 Å². The lowest BCUT2D eigenvalue weighted by Crippen LogP contribution is -2.25. The van der Waals surface area contributed by atoms with Crippen LogP contribution in [0, 0.1) is 17.0 Å². The number of benzene rings is 1. The number of nitrogens with zero attached hydrogens (tertiary/aromatic N) is 5. The first-order chi connectivity index (χ1) is 13.3. The van der Waals surface area contributed by atoms with Gasteiger partial charge in [0.05, 0.1) is 11.5 Å². The molecule has 3 aromatic rings. The molecule has 0 saturated heterocycles. The van der Waals surface area contributed by atoms with E-state index in [-0.39, 0.29) is 5.69 Å². The number of hydrogen-bond donors (Lipinski definition) is 1. The van der Waals surface area contributed by atoms with Gasteiger partial charge in [0.1, 0.15) is 17.9 Å². The van der Waals surface area contributed by atoms with Crippen molar-refractivity contribution in [2.24, 2.45) is 0 Å². The van der Waals surface area contributed by atoms with Crippen molar-refractivity contribution < 1.29 is 9.72 Å². The van der Waals surface area contributed by atoms with Crippen LogP contribution in [0.25, 0.3) is 0 Å². The molecule has 0 fully saturated rings. The SMILES string of the molecule is Cc1c([N+](=O)[O-])cnn1C(C)C(=O)Nc1ccn(Cc2ccc(Cl)cc2Cl)n1. The molecule has 0 aliphatic rings. The average Bonchev–Trinajstić information content (AvgIpc) is 3.23. The maximum Gasteiger partial charge on any atom is 0.309 e. The Balaban J connectivity index is 1.69. The third kappa shape index (κ3) is 4.15. The van der Waals surface area contributed by atoms with Crippen LogP contribution in [0.1, 0.15) is 24.2 Å². The van der Waals surface area contributed by atoms with E-state index < -0.39 is 16.9 Å². The summed E-state index contributed by atoms with van der Waals surface area (Å²) in [6.45, 7) is 3.55. The predicted octanol–water partition coefficient (Wildman–Crippen LogP) is 3.85. The number of hydrogen-bond acceptors (Lipinski definition) is 5. The lowest BCUT2D eigenvalue weighted by molar-refractivity contribution is -0.385. The minimum Gasteiger partial charge on any atom is -0.307 e. The van der Waals surface area contributed by atoms with Gasteiger partial charge in [-0.05, 0) is 31.5 Å². The first kappa shape index (κ1) is 19.8. The summed E-state index contributed by atoms with van der Waals surface area (Å²) in [6, 6.07) is 6.09. The van der Waals surface area contributed by atoms with Crippen LogP contribution in [0.4, 0.5) is 11.5 Å².